The van der Waals surface area contributed by atoms with Crippen molar-refractivity contribution >= 4 is 11.9 Å². The van der Waals surface area contributed by atoms with Gasteiger partial charge in [0.15, 0.2) is 0 Å². The van der Waals surface area contributed by atoms with E-state index in [0.717, 1.165) is 0 Å². The van der Waals surface area contributed by atoms with Crippen LogP contribution >= 0.6 is 0 Å². The summed E-state index contributed by atoms with van der Waals surface area (Å²) >= 11 is 0. The number of carboxylic acids is 2. The predicted octanol–water partition coefficient (Wildman–Crippen LogP) is -2.11. The number of carbonyl (C=O) groups is 2. The van der Waals surface area contributed by atoms with Crippen molar-refractivity contribution in [3.63, 3.8) is 0 Å². The summed E-state index contributed by atoms with van der Waals surface area (Å²) in [5, 5.41) is 16.9. The van der Waals surface area contributed by atoms with Gasteiger partial charge >= 0.3 is 29.6 Å². The van der Waals surface area contributed by atoms with Crippen molar-refractivity contribution < 1.29 is 49.4 Å². The number of hydrogen-bond donors (Lipinski definition) is 2. The van der Waals surface area contributed by atoms with Crippen molar-refractivity contribution in [3.05, 3.63) is 35.4 Å². The molecule has 0 amide bonds. The van der Waals surface area contributed by atoms with Gasteiger partial charge in [0.2, 0.25) is 0 Å². The van der Waals surface area contributed by atoms with E-state index >= 15 is 0 Å². The molecule has 0 aliphatic carbocycles. The van der Waals surface area contributed by atoms with Crippen molar-refractivity contribution in [2.45, 2.75) is 0 Å². The van der Waals surface area contributed by atoms with Crippen LogP contribution in [-0.2, 0) is 0 Å². The minimum absolute atomic E-state index is 0. The van der Waals surface area contributed by atoms with Gasteiger partial charge in [0, 0.05) is 0 Å². The average molecular weight is 188 g/mol. The maximum absolute atomic E-state index is 10.4. The second-order valence-electron chi connectivity index (χ2n) is 2.09. The largest absolute Gasteiger partial charge is 1.00 e. The molecule has 4 nitrogen and oxygen atoms in total. The van der Waals surface area contributed by atoms with E-state index in [1.165, 1.54) is 18.2 Å². The van der Waals surface area contributed by atoms with Gasteiger partial charge in [-0.05, 0) is 11.1 Å². The van der Waals surface area contributed by atoms with Crippen LogP contribution in [-0.4, -0.2) is 22.2 Å². The molecule has 0 saturated carbocycles. The van der Waals surface area contributed by atoms with Gasteiger partial charge in [0.25, 0.3) is 11.9 Å². The minimum atomic E-state index is -1.18. The Morgan fingerprint density at radius 1 is 1.08 bits per heavy atom. The molecule has 2 N–H and O–H groups in total. The van der Waals surface area contributed by atoms with Crippen LogP contribution in [0.2, 0.25) is 0 Å². The van der Waals surface area contributed by atoms with Gasteiger partial charge in [-0.25, -0.2) is 0 Å². The Balaban J connectivity index is 0.00000144. The molecule has 62 valence electrons. The number of carboxylic acid groups (broad SMARTS) is 2. The summed E-state index contributed by atoms with van der Waals surface area (Å²) in [5.41, 5.74) is -0.287. The first-order chi connectivity index (χ1) is 5.61. The zero-order chi connectivity index (χ0) is 9.14. The molecule has 5 heteroatoms. The molecule has 0 fully saturated rings. The molecule has 0 spiro atoms. The van der Waals surface area contributed by atoms with E-state index in [1.807, 2.05) is 0 Å². The SMILES string of the molecule is O=C(O)c1[c-]c(C(=O)O)ccc1.[Na+]. The maximum atomic E-state index is 10.4. The molecule has 0 saturated heterocycles. The third kappa shape index (κ3) is 3.18. The summed E-state index contributed by atoms with van der Waals surface area (Å²) in [6.45, 7) is 0. The standard InChI is InChI=1S/C8H5O4.Na/c9-7(10)5-2-1-3-6(4-5)8(11)12;/h1-3H,(H,9,10)(H,11,12);/q-1;+1. The van der Waals surface area contributed by atoms with E-state index in [2.05, 4.69) is 6.07 Å². The summed E-state index contributed by atoms with van der Waals surface area (Å²) in [6, 6.07) is 6.18. The molecule has 0 bridgehead atoms. The van der Waals surface area contributed by atoms with Gasteiger partial charge in [-0.1, -0.05) is 0 Å². The molecule has 1 aromatic rings. The molecule has 0 aromatic heterocycles. The fourth-order valence-corrected chi connectivity index (χ4v) is 0.718. The molecule has 0 heterocycles. The van der Waals surface area contributed by atoms with Gasteiger partial charge < -0.3 is 10.2 Å². The Morgan fingerprint density at radius 2 is 1.46 bits per heavy atom. The van der Waals surface area contributed by atoms with E-state index in [-0.39, 0.29) is 40.7 Å². The van der Waals surface area contributed by atoms with Gasteiger partial charge in [0.05, 0.1) is 0 Å². The Bertz CT molecular complexity index is 305. The second-order valence-corrected chi connectivity index (χ2v) is 2.09. The average Bonchev–Trinajstić information content (AvgIpc) is 2.04. The first-order valence-electron chi connectivity index (χ1n) is 3.10. The molecule has 13 heavy (non-hydrogen) atoms. The summed E-state index contributed by atoms with van der Waals surface area (Å²) in [7, 11) is 0. The smallest absolute Gasteiger partial charge is 0.513 e. The topological polar surface area (TPSA) is 74.6 Å². The van der Waals surface area contributed by atoms with E-state index in [9.17, 15) is 9.59 Å². The van der Waals surface area contributed by atoms with Crippen LogP contribution in [0, 0.1) is 6.07 Å². The summed E-state index contributed by atoms with van der Waals surface area (Å²) < 4.78 is 0. The van der Waals surface area contributed by atoms with E-state index in [4.69, 9.17) is 10.2 Å². The van der Waals surface area contributed by atoms with Gasteiger partial charge in [-0.15, -0.1) is 24.3 Å². The molecule has 1 rings (SSSR count). The summed E-state index contributed by atoms with van der Waals surface area (Å²) in [4.78, 5) is 20.7. The molecular weight excluding hydrogens is 183 g/mol. The van der Waals surface area contributed by atoms with Crippen LogP contribution in [0.4, 0.5) is 0 Å². The Morgan fingerprint density at radius 3 is 1.77 bits per heavy atom. The van der Waals surface area contributed by atoms with Crippen molar-refractivity contribution in [3.8, 4) is 0 Å². The van der Waals surface area contributed by atoms with E-state index in [0.29, 0.717) is 0 Å². The summed E-state index contributed by atoms with van der Waals surface area (Å²) in [5.74, 6) is -2.36. The van der Waals surface area contributed by atoms with Crippen molar-refractivity contribution in [1.29, 1.82) is 0 Å². The second kappa shape index (κ2) is 5.01. The van der Waals surface area contributed by atoms with E-state index in [1.54, 1.807) is 0 Å². The molecule has 0 radical (unpaired) electrons. The van der Waals surface area contributed by atoms with Gasteiger partial charge in [-0.3, -0.25) is 9.59 Å². The van der Waals surface area contributed by atoms with Crippen LogP contribution in [0.1, 0.15) is 20.7 Å². The zero-order valence-electron chi connectivity index (χ0n) is 6.94. The first-order valence-corrected chi connectivity index (χ1v) is 3.10. The third-order valence-electron chi connectivity index (χ3n) is 1.26. The van der Waals surface area contributed by atoms with Crippen LogP contribution < -0.4 is 29.6 Å². The van der Waals surface area contributed by atoms with Gasteiger partial charge in [0.1, 0.15) is 0 Å². The van der Waals surface area contributed by atoms with Crippen molar-refractivity contribution in [1.82, 2.24) is 0 Å². The summed E-state index contributed by atoms with van der Waals surface area (Å²) in [6.07, 6.45) is 0. The van der Waals surface area contributed by atoms with Crippen LogP contribution in [0.3, 0.4) is 0 Å². The molecule has 0 atom stereocenters. The Labute approximate surface area is 96.5 Å². The third-order valence-corrected chi connectivity index (χ3v) is 1.26. The number of rotatable bonds is 2. The predicted molar refractivity (Wildman–Crippen MR) is 39.2 cm³/mol. The fraction of sp³-hybridized carbons (Fsp3) is 0. The zero-order valence-corrected chi connectivity index (χ0v) is 8.94. The Kier molecular flexibility index (Phi) is 4.69. The fourth-order valence-electron chi connectivity index (χ4n) is 0.718. The van der Waals surface area contributed by atoms with Crippen molar-refractivity contribution in [2.75, 3.05) is 0 Å². The molecule has 1 aromatic carbocycles. The van der Waals surface area contributed by atoms with E-state index < -0.39 is 11.9 Å². The van der Waals surface area contributed by atoms with Crippen LogP contribution in [0.5, 0.6) is 0 Å². The van der Waals surface area contributed by atoms with Gasteiger partial charge in [-0.2, -0.15) is 0 Å². The monoisotopic (exact) mass is 188 g/mol. The maximum Gasteiger partial charge on any atom is 1.00 e. The molecule has 0 unspecified atom stereocenters. The van der Waals surface area contributed by atoms with Crippen LogP contribution in [0.15, 0.2) is 18.2 Å². The van der Waals surface area contributed by atoms with Crippen LogP contribution in [0.25, 0.3) is 0 Å². The molecule has 0 aliphatic heterocycles. The molecular formula is C8H5NaO4. The normalized spacial score (nSPS) is 8.62. The number of benzene rings is 1. The first kappa shape index (κ1) is 12.2. The minimum Gasteiger partial charge on any atom is -0.513 e. The molecule has 0 aliphatic rings. The van der Waals surface area contributed by atoms with Crippen molar-refractivity contribution in [2.24, 2.45) is 0 Å². The number of aromatic carboxylic acids is 2. The number of hydrogen-bond acceptors (Lipinski definition) is 2. The Hall–Kier alpha value is -0.840. The quantitative estimate of drug-likeness (QED) is 0.411.